The molecule has 0 aliphatic heterocycles. The van der Waals surface area contributed by atoms with Crippen LogP contribution in [0.15, 0.2) is 0 Å². The molecule has 59 valence electrons. The van der Waals surface area contributed by atoms with Gasteiger partial charge in [0, 0.05) is 0 Å². The standard InChI is InChI=1S/C10H19/c1-8(2)7-10-6-4-5-9(10)3/h8-9H,4-7H2,1-3H3. The van der Waals surface area contributed by atoms with E-state index >= 15 is 0 Å². The molecule has 0 saturated heterocycles. The van der Waals surface area contributed by atoms with Crippen LogP contribution in [0.25, 0.3) is 0 Å². The monoisotopic (exact) mass is 139 g/mol. The van der Waals surface area contributed by atoms with Crippen molar-refractivity contribution >= 4 is 0 Å². The molecule has 1 aliphatic rings. The van der Waals surface area contributed by atoms with Crippen molar-refractivity contribution in [3.8, 4) is 0 Å². The maximum atomic E-state index is 2.38. The van der Waals surface area contributed by atoms with E-state index in [0.717, 1.165) is 11.8 Å². The van der Waals surface area contributed by atoms with Gasteiger partial charge in [0.25, 0.3) is 0 Å². The van der Waals surface area contributed by atoms with Gasteiger partial charge in [0.2, 0.25) is 0 Å². The third kappa shape index (κ3) is 2.00. The molecule has 0 bridgehead atoms. The van der Waals surface area contributed by atoms with Gasteiger partial charge in [0.1, 0.15) is 0 Å². The number of hydrogen-bond acceptors (Lipinski definition) is 0. The molecule has 0 heterocycles. The summed E-state index contributed by atoms with van der Waals surface area (Å²) < 4.78 is 0. The van der Waals surface area contributed by atoms with E-state index in [9.17, 15) is 0 Å². The average molecular weight is 139 g/mol. The fourth-order valence-electron chi connectivity index (χ4n) is 1.91. The van der Waals surface area contributed by atoms with Gasteiger partial charge in [0.05, 0.1) is 0 Å². The highest BCUT2D eigenvalue weighted by Gasteiger charge is 2.23. The first-order valence-electron chi connectivity index (χ1n) is 4.54. The van der Waals surface area contributed by atoms with Gasteiger partial charge >= 0.3 is 0 Å². The summed E-state index contributed by atoms with van der Waals surface area (Å²) in [6, 6.07) is 0. The van der Waals surface area contributed by atoms with Gasteiger partial charge in [-0.05, 0) is 30.6 Å². The van der Waals surface area contributed by atoms with Gasteiger partial charge in [-0.2, -0.15) is 0 Å². The topological polar surface area (TPSA) is 0 Å². The fraction of sp³-hybridized carbons (Fsp3) is 0.900. The van der Waals surface area contributed by atoms with Gasteiger partial charge in [-0.15, -0.1) is 0 Å². The number of hydrogen-bond donors (Lipinski definition) is 0. The lowest BCUT2D eigenvalue weighted by Crippen LogP contribution is -2.04. The third-order valence-electron chi connectivity index (χ3n) is 2.50. The second kappa shape index (κ2) is 3.41. The Hall–Kier alpha value is 0. The van der Waals surface area contributed by atoms with Crippen LogP contribution in [-0.4, -0.2) is 0 Å². The molecule has 1 saturated carbocycles. The summed E-state index contributed by atoms with van der Waals surface area (Å²) in [4.78, 5) is 0. The second-order valence-electron chi connectivity index (χ2n) is 4.05. The molecule has 1 radical (unpaired) electrons. The van der Waals surface area contributed by atoms with Gasteiger partial charge in [-0.25, -0.2) is 0 Å². The lowest BCUT2D eigenvalue weighted by molar-refractivity contribution is 0.517. The largest absolute Gasteiger partial charge is 0.0628 e. The molecule has 0 N–H and O–H groups in total. The van der Waals surface area contributed by atoms with Crippen LogP contribution in [0.2, 0.25) is 0 Å². The molecule has 1 fully saturated rings. The highest BCUT2D eigenvalue weighted by Crippen LogP contribution is 2.37. The molecule has 0 aromatic rings. The predicted molar refractivity (Wildman–Crippen MR) is 45.7 cm³/mol. The molecule has 10 heavy (non-hydrogen) atoms. The van der Waals surface area contributed by atoms with Crippen LogP contribution >= 0.6 is 0 Å². The zero-order chi connectivity index (χ0) is 7.56. The molecule has 1 atom stereocenters. The molecule has 0 nitrogen and oxygen atoms in total. The summed E-state index contributed by atoms with van der Waals surface area (Å²) in [6.07, 6.45) is 5.69. The van der Waals surface area contributed by atoms with Crippen molar-refractivity contribution in [2.45, 2.75) is 46.5 Å². The van der Waals surface area contributed by atoms with E-state index < -0.39 is 0 Å². The van der Waals surface area contributed by atoms with Crippen LogP contribution in [0.4, 0.5) is 0 Å². The van der Waals surface area contributed by atoms with E-state index in [1.165, 1.54) is 25.7 Å². The van der Waals surface area contributed by atoms with Crippen molar-refractivity contribution < 1.29 is 0 Å². The van der Waals surface area contributed by atoms with Crippen molar-refractivity contribution in [3.05, 3.63) is 5.92 Å². The van der Waals surface area contributed by atoms with Crippen LogP contribution in [0.3, 0.4) is 0 Å². The van der Waals surface area contributed by atoms with Crippen molar-refractivity contribution in [3.63, 3.8) is 0 Å². The fourth-order valence-corrected chi connectivity index (χ4v) is 1.91. The van der Waals surface area contributed by atoms with Gasteiger partial charge in [0.15, 0.2) is 0 Å². The molecule has 1 rings (SSSR count). The zero-order valence-corrected chi connectivity index (χ0v) is 7.48. The average Bonchev–Trinajstić information content (AvgIpc) is 2.15. The normalized spacial score (nSPS) is 28.2. The Balaban J connectivity index is 2.26. The molecule has 1 aliphatic carbocycles. The van der Waals surface area contributed by atoms with Crippen molar-refractivity contribution in [1.82, 2.24) is 0 Å². The van der Waals surface area contributed by atoms with Gasteiger partial charge in [-0.1, -0.05) is 33.6 Å². The van der Waals surface area contributed by atoms with E-state index in [-0.39, 0.29) is 0 Å². The highest BCUT2D eigenvalue weighted by molar-refractivity contribution is 4.99. The first-order chi connectivity index (χ1) is 4.70. The van der Waals surface area contributed by atoms with Crippen LogP contribution in [0.1, 0.15) is 46.5 Å². The highest BCUT2D eigenvalue weighted by atomic mass is 14.3. The van der Waals surface area contributed by atoms with E-state index in [4.69, 9.17) is 0 Å². The Morgan fingerprint density at radius 2 is 2.20 bits per heavy atom. The Bertz CT molecular complexity index is 94.2. The lowest BCUT2D eigenvalue weighted by atomic mass is 9.89. The van der Waals surface area contributed by atoms with Gasteiger partial charge in [-0.3, -0.25) is 0 Å². The first-order valence-corrected chi connectivity index (χ1v) is 4.54. The van der Waals surface area contributed by atoms with Gasteiger partial charge < -0.3 is 0 Å². The summed E-state index contributed by atoms with van der Waals surface area (Å²) in [5.41, 5.74) is 0. The van der Waals surface area contributed by atoms with Crippen molar-refractivity contribution in [2.24, 2.45) is 11.8 Å². The van der Waals surface area contributed by atoms with E-state index in [1.807, 2.05) is 5.92 Å². The lowest BCUT2D eigenvalue weighted by Gasteiger charge is -2.16. The molecule has 0 aromatic carbocycles. The summed E-state index contributed by atoms with van der Waals surface area (Å²) in [5.74, 6) is 3.63. The first kappa shape index (κ1) is 8.10. The Labute approximate surface area is 65.0 Å². The quantitative estimate of drug-likeness (QED) is 0.550. The molecule has 0 spiro atoms. The van der Waals surface area contributed by atoms with Crippen LogP contribution < -0.4 is 0 Å². The SMILES string of the molecule is CC(C)C[C]1CCCC1C. The van der Waals surface area contributed by atoms with E-state index in [0.29, 0.717) is 0 Å². The summed E-state index contributed by atoms with van der Waals surface area (Å²) >= 11 is 0. The smallest absolute Gasteiger partial charge is 0.0210 e. The van der Waals surface area contributed by atoms with Crippen LogP contribution in [0.5, 0.6) is 0 Å². The minimum absolute atomic E-state index is 0.871. The zero-order valence-electron chi connectivity index (χ0n) is 7.48. The van der Waals surface area contributed by atoms with E-state index in [2.05, 4.69) is 20.8 Å². The minimum atomic E-state index is 0.871. The Kier molecular flexibility index (Phi) is 2.76. The summed E-state index contributed by atoms with van der Waals surface area (Å²) in [5, 5.41) is 0. The van der Waals surface area contributed by atoms with Crippen LogP contribution in [-0.2, 0) is 0 Å². The van der Waals surface area contributed by atoms with E-state index in [1.54, 1.807) is 0 Å². The maximum Gasteiger partial charge on any atom is -0.0210 e. The third-order valence-corrected chi connectivity index (χ3v) is 2.50. The number of rotatable bonds is 2. The molecule has 1 unspecified atom stereocenters. The van der Waals surface area contributed by atoms with Crippen LogP contribution in [0, 0.1) is 17.8 Å². The van der Waals surface area contributed by atoms with Crippen molar-refractivity contribution in [2.75, 3.05) is 0 Å². The molecular weight excluding hydrogens is 120 g/mol. The molecule has 0 heteroatoms. The minimum Gasteiger partial charge on any atom is -0.0628 e. The summed E-state index contributed by atoms with van der Waals surface area (Å²) in [6.45, 7) is 7.01. The predicted octanol–water partition coefficient (Wildman–Crippen LogP) is 3.43. The second-order valence-corrected chi connectivity index (χ2v) is 4.05. The Morgan fingerprint density at radius 3 is 2.60 bits per heavy atom. The molecule has 0 aromatic heterocycles. The molecule has 0 amide bonds. The maximum absolute atomic E-state index is 2.38. The van der Waals surface area contributed by atoms with Crippen molar-refractivity contribution in [1.29, 1.82) is 0 Å². The summed E-state index contributed by atoms with van der Waals surface area (Å²) in [7, 11) is 0. The molecular formula is C10H19. The Morgan fingerprint density at radius 1 is 1.50 bits per heavy atom.